The Labute approximate surface area is 68.5 Å². The largest absolute Gasteiger partial charge is 0.377 e. The first-order valence-electron chi connectivity index (χ1n) is 4.63. The Morgan fingerprint density at radius 1 is 1.36 bits per heavy atom. The number of fused-ring (bicyclic) bond motifs is 1. The maximum absolute atomic E-state index is 5.62. The fourth-order valence-corrected chi connectivity index (χ4v) is 2.13. The summed E-state index contributed by atoms with van der Waals surface area (Å²) in [5.41, 5.74) is 0. The van der Waals surface area contributed by atoms with Crippen molar-refractivity contribution in [1.82, 2.24) is 4.90 Å². The summed E-state index contributed by atoms with van der Waals surface area (Å²) in [6.45, 7) is 7.97. The molecule has 2 heterocycles. The predicted molar refractivity (Wildman–Crippen MR) is 44.6 cm³/mol. The van der Waals surface area contributed by atoms with Crippen molar-refractivity contribution in [2.24, 2.45) is 5.92 Å². The fourth-order valence-electron chi connectivity index (χ4n) is 2.13. The molecule has 64 valence electrons. The van der Waals surface area contributed by atoms with Crippen LogP contribution in [-0.2, 0) is 4.74 Å². The fraction of sp³-hybridized carbons (Fsp3) is 1.00. The van der Waals surface area contributed by atoms with Gasteiger partial charge in [0, 0.05) is 31.7 Å². The molecule has 0 aromatic carbocycles. The zero-order valence-electron chi connectivity index (χ0n) is 7.42. The minimum Gasteiger partial charge on any atom is -0.377 e. The third kappa shape index (κ3) is 1.30. The highest BCUT2D eigenvalue weighted by Gasteiger charge is 2.37. The molecule has 2 aliphatic heterocycles. The minimum absolute atomic E-state index is 0.567. The van der Waals surface area contributed by atoms with Gasteiger partial charge in [-0.25, -0.2) is 0 Å². The van der Waals surface area contributed by atoms with Crippen LogP contribution >= 0.6 is 0 Å². The van der Waals surface area contributed by atoms with Crippen LogP contribution in [0.3, 0.4) is 0 Å². The molecule has 0 aliphatic carbocycles. The first-order chi connectivity index (χ1) is 5.27. The molecule has 0 bridgehead atoms. The second kappa shape index (κ2) is 2.76. The van der Waals surface area contributed by atoms with Crippen LogP contribution in [-0.4, -0.2) is 36.7 Å². The zero-order valence-corrected chi connectivity index (χ0v) is 7.42. The molecule has 0 aromatic heterocycles. The molecule has 11 heavy (non-hydrogen) atoms. The van der Waals surface area contributed by atoms with Gasteiger partial charge in [0.2, 0.25) is 0 Å². The van der Waals surface area contributed by atoms with Gasteiger partial charge in [0.15, 0.2) is 0 Å². The maximum atomic E-state index is 5.62. The molecule has 0 amide bonds. The molecule has 0 aromatic rings. The lowest BCUT2D eigenvalue weighted by Crippen LogP contribution is -2.30. The Morgan fingerprint density at radius 2 is 2.18 bits per heavy atom. The highest BCUT2D eigenvalue weighted by molar-refractivity contribution is 4.89. The van der Waals surface area contributed by atoms with Gasteiger partial charge in [-0.3, -0.25) is 4.90 Å². The predicted octanol–water partition coefficient (Wildman–Crippen LogP) is 1.12. The first kappa shape index (κ1) is 7.56. The summed E-state index contributed by atoms with van der Waals surface area (Å²) in [6.07, 6.45) is 1.85. The molecule has 0 spiro atoms. The summed E-state index contributed by atoms with van der Waals surface area (Å²) in [5.74, 6) is 0.845. The molecule has 0 N–H and O–H groups in total. The molecular weight excluding hydrogens is 138 g/mol. The van der Waals surface area contributed by atoms with Crippen LogP contribution < -0.4 is 0 Å². The van der Waals surface area contributed by atoms with E-state index in [2.05, 4.69) is 18.7 Å². The van der Waals surface area contributed by atoms with Crippen molar-refractivity contribution in [2.45, 2.75) is 32.4 Å². The normalized spacial score (nSPS) is 38.5. The lowest BCUT2D eigenvalue weighted by molar-refractivity contribution is 0.0947. The van der Waals surface area contributed by atoms with Crippen LogP contribution in [0.2, 0.25) is 0 Å². The van der Waals surface area contributed by atoms with E-state index in [4.69, 9.17) is 4.74 Å². The third-order valence-electron chi connectivity index (χ3n) is 2.96. The summed E-state index contributed by atoms with van der Waals surface area (Å²) in [6, 6.07) is 0.698. The van der Waals surface area contributed by atoms with Crippen molar-refractivity contribution in [1.29, 1.82) is 0 Å². The van der Waals surface area contributed by atoms with E-state index in [0.29, 0.717) is 12.1 Å². The average Bonchev–Trinajstić information content (AvgIpc) is 2.40. The Hall–Kier alpha value is -0.0800. The summed E-state index contributed by atoms with van der Waals surface area (Å²) in [4.78, 5) is 2.52. The Balaban J connectivity index is 1.94. The van der Waals surface area contributed by atoms with Gasteiger partial charge in [-0.2, -0.15) is 0 Å². The monoisotopic (exact) mass is 155 g/mol. The Bertz CT molecular complexity index is 134. The van der Waals surface area contributed by atoms with E-state index in [0.717, 1.165) is 12.5 Å². The van der Waals surface area contributed by atoms with Crippen LogP contribution in [0, 0.1) is 5.92 Å². The zero-order chi connectivity index (χ0) is 7.84. The lowest BCUT2D eigenvalue weighted by atomic mass is 10.1. The summed E-state index contributed by atoms with van der Waals surface area (Å²) >= 11 is 0. The molecule has 0 radical (unpaired) electrons. The summed E-state index contributed by atoms with van der Waals surface area (Å²) in [7, 11) is 0. The van der Waals surface area contributed by atoms with Crippen LogP contribution in [0.15, 0.2) is 0 Å². The van der Waals surface area contributed by atoms with E-state index in [9.17, 15) is 0 Å². The molecular formula is C9H17NO. The molecule has 0 saturated carbocycles. The summed E-state index contributed by atoms with van der Waals surface area (Å²) in [5, 5.41) is 0. The summed E-state index contributed by atoms with van der Waals surface area (Å²) < 4.78 is 5.62. The Morgan fingerprint density at radius 3 is 2.82 bits per heavy atom. The second-order valence-electron chi connectivity index (χ2n) is 4.01. The lowest BCUT2D eigenvalue weighted by Gasteiger charge is -2.20. The van der Waals surface area contributed by atoms with Crippen LogP contribution in [0.5, 0.6) is 0 Å². The van der Waals surface area contributed by atoms with Gasteiger partial charge in [-0.05, 0) is 20.3 Å². The standard InChI is InChI=1S/C9H17NO/c1-7(2)10-5-8-3-4-11-9(8)6-10/h7-9H,3-6H2,1-2H3. The third-order valence-corrected chi connectivity index (χ3v) is 2.96. The van der Waals surface area contributed by atoms with Gasteiger partial charge in [-0.15, -0.1) is 0 Å². The quantitative estimate of drug-likeness (QED) is 0.562. The smallest absolute Gasteiger partial charge is 0.0743 e. The van der Waals surface area contributed by atoms with Gasteiger partial charge in [0.05, 0.1) is 6.10 Å². The van der Waals surface area contributed by atoms with Crippen molar-refractivity contribution in [3.63, 3.8) is 0 Å². The highest BCUT2D eigenvalue weighted by atomic mass is 16.5. The van der Waals surface area contributed by atoms with E-state index in [1.807, 2.05) is 0 Å². The molecule has 2 heteroatoms. The molecule has 2 unspecified atom stereocenters. The van der Waals surface area contributed by atoms with E-state index in [1.54, 1.807) is 0 Å². The molecule has 2 atom stereocenters. The van der Waals surface area contributed by atoms with E-state index in [-0.39, 0.29) is 0 Å². The second-order valence-corrected chi connectivity index (χ2v) is 4.01. The topological polar surface area (TPSA) is 12.5 Å². The number of likely N-dealkylation sites (tertiary alicyclic amines) is 1. The van der Waals surface area contributed by atoms with Gasteiger partial charge in [-0.1, -0.05) is 0 Å². The SMILES string of the molecule is CC(C)N1CC2CCOC2C1. The molecule has 2 fully saturated rings. The molecule has 2 rings (SSSR count). The number of hydrogen-bond acceptors (Lipinski definition) is 2. The van der Waals surface area contributed by atoms with Crippen molar-refractivity contribution < 1.29 is 4.74 Å². The molecule has 2 saturated heterocycles. The average molecular weight is 155 g/mol. The van der Waals surface area contributed by atoms with Crippen LogP contribution in [0.1, 0.15) is 20.3 Å². The Kier molecular flexibility index (Phi) is 1.90. The van der Waals surface area contributed by atoms with Crippen molar-refractivity contribution in [3.05, 3.63) is 0 Å². The van der Waals surface area contributed by atoms with E-state index >= 15 is 0 Å². The number of rotatable bonds is 1. The van der Waals surface area contributed by atoms with E-state index in [1.165, 1.54) is 19.5 Å². The number of nitrogens with zero attached hydrogens (tertiary/aromatic N) is 1. The number of ether oxygens (including phenoxy) is 1. The van der Waals surface area contributed by atoms with Gasteiger partial charge >= 0.3 is 0 Å². The van der Waals surface area contributed by atoms with E-state index < -0.39 is 0 Å². The molecule has 2 aliphatic rings. The highest BCUT2D eigenvalue weighted by Crippen LogP contribution is 2.29. The van der Waals surface area contributed by atoms with Gasteiger partial charge < -0.3 is 4.74 Å². The minimum atomic E-state index is 0.567. The number of hydrogen-bond donors (Lipinski definition) is 0. The van der Waals surface area contributed by atoms with Gasteiger partial charge in [0.1, 0.15) is 0 Å². The van der Waals surface area contributed by atoms with Crippen LogP contribution in [0.25, 0.3) is 0 Å². The maximum Gasteiger partial charge on any atom is 0.0743 e. The van der Waals surface area contributed by atoms with Crippen LogP contribution in [0.4, 0.5) is 0 Å². The van der Waals surface area contributed by atoms with Crippen molar-refractivity contribution in [2.75, 3.05) is 19.7 Å². The first-order valence-corrected chi connectivity index (χ1v) is 4.63. The van der Waals surface area contributed by atoms with Crippen molar-refractivity contribution >= 4 is 0 Å². The molecule has 2 nitrogen and oxygen atoms in total. The van der Waals surface area contributed by atoms with Crippen molar-refractivity contribution in [3.8, 4) is 0 Å². The van der Waals surface area contributed by atoms with Gasteiger partial charge in [0.25, 0.3) is 0 Å².